The zero-order chi connectivity index (χ0) is 19.4. The van der Waals surface area contributed by atoms with Crippen molar-refractivity contribution in [2.75, 3.05) is 11.1 Å². The van der Waals surface area contributed by atoms with Crippen LogP contribution in [0.2, 0.25) is 5.02 Å². The lowest BCUT2D eigenvalue weighted by Crippen LogP contribution is -2.15. The van der Waals surface area contributed by atoms with Crippen molar-refractivity contribution in [1.29, 1.82) is 0 Å². The normalized spacial score (nSPS) is 11.1. The monoisotopic (exact) mass is 421 g/mol. The van der Waals surface area contributed by atoms with Crippen LogP contribution in [0.5, 0.6) is 0 Å². The second-order valence-electron chi connectivity index (χ2n) is 6.12. The van der Waals surface area contributed by atoms with E-state index in [-0.39, 0.29) is 17.7 Å². The standard InChI is InChI=1S/C18H20ClN5OS2/c1-4-14-7-12(9-26-14)17-22-23-18(24(17)11(2)3)27-10-16(25)21-15-6-5-13(19)8-20-15/h5-9,11H,4,10H2,1-3H3,(H,20,21,25). The number of thiophene rings is 1. The van der Waals surface area contributed by atoms with Gasteiger partial charge in [-0.25, -0.2) is 4.98 Å². The van der Waals surface area contributed by atoms with Crippen molar-refractivity contribution in [2.24, 2.45) is 0 Å². The number of pyridine rings is 1. The van der Waals surface area contributed by atoms with Crippen LogP contribution in [0.3, 0.4) is 0 Å². The lowest BCUT2D eigenvalue weighted by Gasteiger charge is -2.13. The summed E-state index contributed by atoms with van der Waals surface area (Å²) >= 11 is 8.89. The molecule has 3 aromatic rings. The molecule has 0 unspecified atom stereocenters. The zero-order valence-corrected chi connectivity index (χ0v) is 17.7. The van der Waals surface area contributed by atoms with Gasteiger partial charge in [0.1, 0.15) is 5.82 Å². The maximum atomic E-state index is 12.2. The van der Waals surface area contributed by atoms with Crippen LogP contribution in [0.4, 0.5) is 5.82 Å². The van der Waals surface area contributed by atoms with E-state index >= 15 is 0 Å². The molecule has 0 aromatic carbocycles. The Bertz CT molecular complexity index is 920. The third-order valence-corrected chi connectivity index (χ3v) is 6.02. The molecule has 0 radical (unpaired) electrons. The quantitative estimate of drug-likeness (QED) is 0.547. The number of carbonyl (C=O) groups is 1. The summed E-state index contributed by atoms with van der Waals surface area (Å²) in [5.74, 6) is 1.38. The Morgan fingerprint density at radius 1 is 1.37 bits per heavy atom. The average Bonchev–Trinajstić information content (AvgIpc) is 3.28. The smallest absolute Gasteiger partial charge is 0.236 e. The van der Waals surface area contributed by atoms with Crippen molar-refractivity contribution < 1.29 is 4.79 Å². The molecule has 0 aliphatic heterocycles. The van der Waals surface area contributed by atoms with Crippen LogP contribution in [0.1, 0.15) is 31.7 Å². The van der Waals surface area contributed by atoms with E-state index in [0.717, 1.165) is 23.0 Å². The summed E-state index contributed by atoms with van der Waals surface area (Å²) in [6.07, 6.45) is 2.50. The highest BCUT2D eigenvalue weighted by Gasteiger charge is 2.18. The summed E-state index contributed by atoms with van der Waals surface area (Å²) in [4.78, 5) is 17.6. The number of rotatable bonds is 7. The summed E-state index contributed by atoms with van der Waals surface area (Å²) in [6, 6.07) is 5.69. The Morgan fingerprint density at radius 3 is 2.81 bits per heavy atom. The highest BCUT2D eigenvalue weighted by atomic mass is 35.5. The topological polar surface area (TPSA) is 72.7 Å². The SMILES string of the molecule is CCc1cc(-c2nnc(SCC(=O)Nc3ccc(Cl)cn3)n2C(C)C)cs1. The number of amides is 1. The Balaban J connectivity index is 1.71. The van der Waals surface area contributed by atoms with Crippen LogP contribution < -0.4 is 5.32 Å². The van der Waals surface area contributed by atoms with Crippen molar-refractivity contribution >= 4 is 46.4 Å². The highest BCUT2D eigenvalue weighted by Crippen LogP contribution is 2.30. The fourth-order valence-electron chi connectivity index (χ4n) is 2.48. The third-order valence-electron chi connectivity index (χ3n) is 3.77. The number of halogens is 1. The molecule has 0 aliphatic carbocycles. The van der Waals surface area contributed by atoms with Crippen molar-refractivity contribution in [3.63, 3.8) is 0 Å². The highest BCUT2D eigenvalue weighted by molar-refractivity contribution is 7.99. The first-order chi connectivity index (χ1) is 13.0. The predicted molar refractivity (Wildman–Crippen MR) is 112 cm³/mol. The Kier molecular flexibility index (Phi) is 6.51. The van der Waals surface area contributed by atoms with E-state index in [1.165, 1.54) is 22.8 Å². The minimum Gasteiger partial charge on any atom is -0.310 e. The number of anilines is 1. The molecule has 1 N–H and O–H groups in total. The number of carbonyl (C=O) groups excluding carboxylic acids is 1. The number of hydrogen-bond acceptors (Lipinski definition) is 6. The lowest BCUT2D eigenvalue weighted by atomic mass is 10.2. The van der Waals surface area contributed by atoms with Crippen molar-refractivity contribution in [1.82, 2.24) is 19.7 Å². The van der Waals surface area contributed by atoms with Crippen LogP contribution in [0.25, 0.3) is 11.4 Å². The largest absolute Gasteiger partial charge is 0.310 e. The van der Waals surface area contributed by atoms with Crippen molar-refractivity contribution in [3.8, 4) is 11.4 Å². The van der Waals surface area contributed by atoms with Gasteiger partial charge in [-0.05, 0) is 38.5 Å². The first kappa shape index (κ1) is 19.9. The zero-order valence-electron chi connectivity index (χ0n) is 15.3. The van der Waals surface area contributed by atoms with Gasteiger partial charge in [0.25, 0.3) is 0 Å². The molecule has 0 bridgehead atoms. The molecule has 0 fully saturated rings. The molecule has 0 aliphatic rings. The third kappa shape index (κ3) is 4.88. The molecule has 1 amide bonds. The molecule has 3 rings (SSSR count). The summed E-state index contributed by atoms with van der Waals surface area (Å²) in [5.41, 5.74) is 1.07. The molecule has 0 saturated carbocycles. The Morgan fingerprint density at radius 2 is 2.19 bits per heavy atom. The Hall–Kier alpha value is -1.90. The summed E-state index contributed by atoms with van der Waals surface area (Å²) in [5, 5.41) is 14.8. The fraction of sp³-hybridized carbons (Fsp3) is 0.333. The second kappa shape index (κ2) is 8.86. The van der Waals surface area contributed by atoms with E-state index < -0.39 is 0 Å². The van der Waals surface area contributed by atoms with Crippen LogP contribution in [0.15, 0.2) is 34.9 Å². The molecule has 0 saturated heterocycles. The van der Waals surface area contributed by atoms with Gasteiger partial charge in [0.05, 0.1) is 10.8 Å². The fourth-order valence-corrected chi connectivity index (χ4v) is 4.27. The van der Waals surface area contributed by atoms with Crippen molar-refractivity contribution in [3.05, 3.63) is 39.7 Å². The van der Waals surface area contributed by atoms with Crippen LogP contribution >= 0.6 is 34.7 Å². The minimum atomic E-state index is -0.154. The molecule has 0 spiro atoms. The van der Waals surface area contributed by atoms with Crippen LogP contribution in [-0.2, 0) is 11.2 Å². The van der Waals surface area contributed by atoms with Gasteiger partial charge in [-0.15, -0.1) is 21.5 Å². The predicted octanol–water partition coefficient (Wildman–Crippen LogP) is 4.93. The average molecular weight is 422 g/mol. The van der Waals surface area contributed by atoms with Gasteiger partial charge in [-0.1, -0.05) is 30.3 Å². The van der Waals surface area contributed by atoms with Crippen molar-refractivity contribution in [2.45, 2.75) is 38.4 Å². The van der Waals surface area contributed by atoms with Crippen LogP contribution in [-0.4, -0.2) is 31.4 Å². The molecule has 142 valence electrons. The second-order valence-corrected chi connectivity index (χ2v) is 8.50. The summed E-state index contributed by atoms with van der Waals surface area (Å²) in [6.45, 7) is 6.31. The number of nitrogens with zero attached hydrogens (tertiary/aromatic N) is 4. The van der Waals surface area contributed by atoms with E-state index in [4.69, 9.17) is 11.6 Å². The number of aromatic nitrogens is 4. The maximum Gasteiger partial charge on any atom is 0.236 e. The Labute approximate surface area is 171 Å². The molecular formula is C18H20ClN5OS2. The van der Waals surface area contributed by atoms with Crippen LogP contribution in [0, 0.1) is 0 Å². The van der Waals surface area contributed by atoms with E-state index in [2.05, 4.69) is 57.3 Å². The molecular weight excluding hydrogens is 402 g/mol. The maximum absolute atomic E-state index is 12.2. The molecule has 0 atom stereocenters. The number of aryl methyl sites for hydroxylation is 1. The van der Waals surface area contributed by atoms with Gasteiger partial charge < -0.3 is 5.32 Å². The molecule has 3 aromatic heterocycles. The van der Waals surface area contributed by atoms with E-state index in [0.29, 0.717) is 10.8 Å². The number of nitrogens with one attached hydrogen (secondary N) is 1. The molecule has 3 heterocycles. The van der Waals surface area contributed by atoms with E-state index in [1.807, 2.05) is 0 Å². The van der Waals surface area contributed by atoms with Gasteiger partial charge in [0.2, 0.25) is 5.91 Å². The summed E-state index contributed by atoms with van der Waals surface area (Å²) < 4.78 is 2.07. The van der Waals surface area contributed by atoms with E-state index in [1.54, 1.807) is 23.5 Å². The van der Waals surface area contributed by atoms with Gasteiger partial charge in [0.15, 0.2) is 11.0 Å². The lowest BCUT2D eigenvalue weighted by molar-refractivity contribution is -0.113. The molecule has 9 heteroatoms. The van der Waals surface area contributed by atoms with Gasteiger partial charge in [0, 0.05) is 28.1 Å². The number of thioether (sulfide) groups is 1. The first-order valence-electron chi connectivity index (χ1n) is 8.54. The van der Waals surface area contributed by atoms with E-state index in [9.17, 15) is 4.79 Å². The van der Waals surface area contributed by atoms with Gasteiger partial charge in [-0.3, -0.25) is 9.36 Å². The minimum absolute atomic E-state index is 0.154. The first-order valence-corrected chi connectivity index (χ1v) is 10.8. The molecule has 6 nitrogen and oxygen atoms in total. The summed E-state index contributed by atoms with van der Waals surface area (Å²) in [7, 11) is 0. The van der Waals surface area contributed by atoms with Gasteiger partial charge >= 0.3 is 0 Å². The van der Waals surface area contributed by atoms with Gasteiger partial charge in [-0.2, -0.15) is 0 Å². The molecule has 27 heavy (non-hydrogen) atoms. The number of hydrogen-bond donors (Lipinski definition) is 1.